The molecule has 2 heteroatoms. The van der Waals surface area contributed by atoms with Crippen LogP contribution in [0.2, 0.25) is 0 Å². The summed E-state index contributed by atoms with van der Waals surface area (Å²) in [6, 6.07) is 1.44. The molecule has 0 amide bonds. The maximum Gasteiger partial charge on any atom is 0.0117 e. The van der Waals surface area contributed by atoms with Crippen molar-refractivity contribution in [3.8, 4) is 0 Å². The number of rotatable bonds is 3. The summed E-state index contributed by atoms with van der Waals surface area (Å²) < 4.78 is 0. The van der Waals surface area contributed by atoms with Gasteiger partial charge in [0.2, 0.25) is 0 Å². The normalized spacial score (nSPS) is 39.5. The highest BCUT2D eigenvalue weighted by Gasteiger charge is 2.32. The Hall–Kier alpha value is -0.340. The minimum Gasteiger partial charge on any atom is -0.317 e. The monoisotopic (exact) mass is 236 g/mol. The highest BCUT2D eigenvalue weighted by molar-refractivity contribution is 4.93. The summed E-state index contributed by atoms with van der Waals surface area (Å²) in [5, 5.41) is 3.47. The van der Waals surface area contributed by atoms with Crippen LogP contribution in [0.1, 0.15) is 39.5 Å². The van der Waals surface area contributed by atoms with Gasteiger partial charge in [0, 0.05) is 18.6 Å². The smallest absolute Gasteiger partial charge is 0.0117 e. The fraction of sp³-hybridized carbons (Fsp3) is 0.867. The highest BCUT2D eigenvalue weighted by Crippen LogP contribution is 2.27. The van der Waals surface area contributed by atoms with Crippen molar-refractivity contribution in [2.24, 2.45) is 11.8 Å². The molecule has 0 aromatic heterocycles. The van der Waals surface area contributed by atoms with Crippen LogP contribution in [0.15, 0.2) is 12.2 Å². The van der Waals surface area contributed by atoms with E-state index in [1.54, 1.807) is 0 Å². The third kappa shape index (κ3) is 3.11. The minimum atomic E-state index is 0.715. The van der Waals surface area contributed by atoms with Crippen LogP contribution in [0.3, 0.4) is 0 Å². The highest BCUT2D eigenvalue weighted by atomic mass is 15.2. The second kappa shape index (κ2) is 6.01. The van der Waals surface area contributed by atoms with Gasteiger partial charge in [0.1, 0.15) is 0 Å². The largest absolute Gasteiger partial charge is 0.317 e. The van der Waals surface area contributed by atoms with Crippen molar-refractivity contribution in [1.82, 2.24) is 10.2 Å². The number of piperidine rings is 1. The van der Waals surface area contributed by atoms with Crippen molar-refractivity contribution in [3.63, 3.8) is 0 Å². The first-order valence-corrected chi connectivity index (χ1v) is 7.28. The van der Waals surface area contributed by atoms with Gasteiger partial charge < -0.3 is 5.32 Å². The van der Waals surface area contributed by atoms with E-state index < -0.39 is 0 Å². The van der Waals surface area contributed by atoms with Crippen molar-refractivity contribution in [3.05, 3.63) is 12.2 Å². The maximum atomic E-state index is 3.47. The molecule has 0 spiro atoms. The van der Waals surface area contributed by atoms with Gasteiger partial charge in [0.25, 0.3) is 0 Å². The van der Waals surface area contributed by atoms with Crippen molar-refractivity contribution in [1.29, 1.82) is 0 Å². The van der Waals surface area contributed by atoms with Crippen LogP contribution in [0, 0.1) is 11.8 Å². The number of nitrogens with one attached hydrogen (secondary N) is 1. The molecule has 2 nitrogen and oxygen atoms in total. The molecule has 1 fully saturated rings. The number of allylic oxidation sites excluding steroid dienone is 2. The summed E-state index contributed by atoms with van der Waals surface area (Å²) in [6.45, 7) is 7.40. The second-order valence-electron chi connectivity index (χ2n) is 5.93. The molecule has 4 unspecified atom stereocenters. The first-order valence-electron chi connectivity index (χ1n) is 7.28. The third-order valence-corrected chi connectivity index (χ3v) is 4.94. The first-order chi connectivity index (χ1) is 8.22. The van der Waals surface area contributed by atoms with Crippen LogP contribution in [0.4, 0.5) is 0 Å². The first kappa shape index (κ1) is 13.1. The quantitative estimate of drug-likeness (QED) is 0.758. The van der Waals surface area contributed by atoms with E-state index in [1.807, 2.05) is 0 Å². The molecule has 2 rings (SSSR count). The Morgan fingerprint density at radius 3 is 2.71 bits per heavy atom. The molecule has 0 aromatic carbocycles. The van der Waals surface area contributed by atoms with Crippen LogP contribution in [0.25, 0.3) is 0 Å². The molecule has 1 heterocycles. The van der Waals surface area contributed by atoms with Crippen molar-refractivity contribution in [2.45, 2.75) is 51.6 Å². The van der Waals surface area contributed by atoms with E-state index in [4.69, 9.17) is 0 Å². The molecule has 0 saturated carbocycles. The van der Waals surface area contributed by atoms with Gasteiger partial charge in [-0.1, -0.05) is 19.1 Å². The Labute approximate surface area is 106 Å². The van der Waals surface area contributed by atoms with Crippen molar-refractivity contribution >= 4 is 0 Å². The Bertz CT molecular complexity index is 262. The number of hydrogen-bond donors (Lipinski definition) is 1. The molecule has 1 aliphatic heterocycles. The summed E-state index contributed by atoms with van der Waals surface area (Å²) >= 11 is 0. The van der Waals surface area contributed by atoms with Crippen LogP contribution in [-0.2, 0) is 0 Å². The number of nitrogens with zero attached hydrogens (tertiary/aromatic N) is 1. The zero-order chi connectivity index (χ0) is 12.3. The van der Waals surface area contributed by atoms with E-state index in [-0.39, 0.29) is 0 Å². The van der Waals surface area contributed by atoms with Crippen LogP contribution in [-0.4, -0.2) is 37.1 Å². The number of likely N-dealkylation sites (tertiary alicyclic amines) is 1. The van der Waals surface area contributed by atoms with Gasteiger partial charge in [-0.3, -0.25) is 4.90 Å². The van der Waals surface area contributed by atoms with Gasteiger partial charge in [0.15, 0.2) is 0 Å². The lowest BCUT2D eigenvalue weighted by Gasteiger charge is -2.44. The SMILES string of the molecule is CNC1CCN(CC2CC=CCC2)C(C)C1C. The predicted octanol–water partition coefficient (Wildman–Crippen LogP) is 2.66. The topological polar surface area (TPSA) is 15.3 Å². The summed E-state index contributed by atoms with van der Waals surface area (Å²) in [5.74, 6) is 1.67. The van der Waals surface area contributed by atoms with Crippen molar-refractivity contribution in [2.75, 3.05) is 20.1 Å². The van der Waals surface area contributed by atoms with Gasteiger partial charge in [-0.15, -0.1) is 0 Å². The van der Waals surface area contributed by atoms with Gasteiger partial charge in [0.05, 0.1) is 0 Å². The summed E-state index contributed by atoms with van der Waals surface area (Å²) in [7, 11) is 2.11. The Morgan fingerprint density at radius 2 is 2.06 bits per heavy atom. The molecule has 1 aliphatic carbocycles. The molecule has 98 valence electrons. The molecule has 0 radical (unpaired) electrons. The lowest BCUT2D eigenvalue weighted by Crippen LogP contribution is -2.53. The van der Waals surface area contributed by atoms with E-state index in [0.29, 0.717) is 6.04 Å². The number of hydrogen-bond acceptors (Lipinski definition) is 2. The van der Waals surface area contributed by atoms with E-state index >= 15 is 0 Å². The summed E-state index contributed by atoms with van der Waals surface area (Å²) in [6.07, 6.45) is 10.0. The molecule has 1 saturated heterocycles. The fourth-order valence-electron chi connectivity index (χ4n) is 3.46. The van der Waals surface area contributed by atoms with E-state index in [2.05, 4.69) is 43.3 Å². The second-order valence-corrected chi connectivity index (χ2v) is 5.93. The van der Waals surface area contributed by atoms with E-state index in [0.717, 1.165) is 17.9 Å². The summed E-state index contributed by atoms with van der Waals surface area (Å²) in [5.41, 5.74) is 0. The molecule has 1 N–H and O–H groups in total. The van der Waals surface area contributed by atoms with Gasteiger partial charge >= 0.3 is 0 Å². The zero-order valence-electron chi connectivity index (χ0n) is 11.7. The lowest BCUT2D eigenvalue weighted by atomic mass is 9.85. The maximum absolute atomic E-state index is 3.47. The molecule has 17 heavy (non-hydrogen) atoms. The molecular weight excluding hydrogens is 208 g/mol. The van der Waals surface area contributed by atoms with Gasteiger partial charge in [-0.25, -0.2) is 0 Å². The van der Waals surface area contributed by atoms with Crippen LogP contribution < -0.4 is 5.32 Å². The Morgan fingerprint density at radius 1 is 1.24 bits per heavy atom. The van der Waals surface area contributed by atoms with E-state index in [9.17, 15) is 0 Å². The lowest BCUT2D eigenvalue weighted by molar-refractivity contribution is 0.0711. The third-order valence-electron chi connectivity index (χ3n) is 4.94. The standard InChI is InChI=1S/C15H28N2/c1-12-13(2)17(10-9-15(12)16-3)11-14-7-5-4-6-8-14/h4-5,12-16H,6-11H2,1-3H3. The molecular formula is C15H28N2. The molecule has 4 atom stereocenters. The van der Waals surface area contributed by atoms with Crippen molar-refractivity contribution < 1.29 is 0 Å². The molecule has 0 bridgehead atoms. The Balaban J connectivity index is 1.87. The zero-order valence-corrected chi connectivity index (χ0v) is 11.7. The fourth-order valence-corrected chi connectivity index (χ4v) is 3.46. The average Bonchev–Trinajstić information content (AvgIpc) is 2.37. The van der Waals surface area contributed by atoms with Gasteiger partial charge in [-0.2, -0.15) is 0 Å². The summed E-state index contributed by atoms with van der Waals surface area (Å²) in [4.78, 5) is 2.72. The molecule has 0 aromatic rings. The average molecular weight is 236 g/mol. The minimum absolute atomic E-state index is 0.715. The van der Waals surface area contributed by atoms with Gasteiger partial charge in [-0.05, 0) is 58.0 Å². The predicted molar refractivity (Wildman–Crippen MR) is 74.1 cm³/mol. The van der Waals surface area contributed by atoms with Crippen LogP contribution in [0.5, 0.6) is 0 Å². The molecule has 2 aliphatic rings. The van der Waals surface area contributed by atoms with Crippen LogP contribution >= 0.6 is 0 Å². The van der Waals surface area contributed by atoms with E-state index in [1.165, 1.54) is 38.8 Å². The Kier molecular flexibility index (Phi) is 4.63.